The highest BCUT2D eigenvalue weighted by Crippen LogP contribution is 2.28. The van der Waals surface area contributed by atoms with Crippen molar-refractivity contribution in [3.63, 3.8) is 0 Å². The summed E-state index contributed by atoms with van der Waals surface area (Å²) < 4.78 is 28.5. The standard InChI is InChI=1S/C59H88N12O17/c1-2-50(73)61-18-19-64-59(83)67-58(60)63-17-7-12-49(56(81)65-39-44-13-15-47(72)16-14-44)66-57(82)55(45-8-4-3-5-9-45)46-10-6-11-48(38-46)88-37-36-87-35-34-86-33-32-85-31-30-84-29-20-62-51(74)40-68-21-23-69(41-52(75)76)25-27-71(43-54(79)80)28-26-70(24-22-68)42-53(77)78/h3-6,8-11,13-16,38,49,55,72H,2,7,12,17-37,39-43H2,1H3,(H,61,73)(H,62,74)(H,65,81)(H,66,82)(H,75,76)(H,77,78)(H,79,80)(H4,60,63,64,67,83)/t49-,55-/m1/s1. The molecule has 0 saturated carbocycles. The third-order valence-corrected chi connectivity index (χ3v) is 13.4. The van der Waals surface area contributed by atoms with E-state index in [1.54, 1.807) is 58.0 Å². The third-order valence-electron chi connectivity index (χ3n) is 13.4. The molecule has 1 aliphatic heterocycles. The Hall–Kier alpha value is -8.03. The minimum absolute atomic E-state index is 0.00291. The summed E-state index contributed by atoms with van der Waals surface area (Å²) in [7, 11) is 0. The molecule has 0 spiro atoms. The average Bonchev–Trinajstić information content (AvgIpc) is 2.16. The molecule has 1 heterocycles. The normalized spacial score (nSPS) is 14.7. The molecule has 0 unspecified atom stereocenters. The summed E-state index contributed by atoms with van der Waals surface area (Å²) >= 11 is 0. The lowest BCUT2D eigenvalue weighted by Crippen LogP contribution is -2.50. The summed E-state index contributed by atoms with van der Waals surface area (Å²) in [5.74, 6) is -4.82. The van der Waals surface area contributed by atoms with Gasteiger partial charge in [-0.2, -0.15) is 4.99 Å². The number of amides is 6. The van der Waals surface area contributed by atoms with Crippen molar-refractivity contribution in [1.29, 1.82) is 0 Å². The monoisotopic (exact) mass is 1240 g/mol. The van der Waals surface area contributed by atoms with Crippen LogP contribution in [0.25, 0.3) is 0 Å². The van der Waals surface area contributed by atoms with E-state index in [1.807, 2.05) is 35.2 Å². The number of aromatic hydroxyl groups is 1. The third kappa shape index (κ3) is 32.1. The molecule has 0 bridgehead atoms. The van der Waals surface area contributed by atoms with Gasteiger partial charge >= 0.3 is 23.9 Å². The number of nitrogens with two attached hydrogens (primary N) is 1. The van der Waals surface area contributed by atoms with Gasteiger partial charge in [0.1, 0.15) is 24.1 Å². The van der Waals surface area contributed by atoms with Crippen LogP contribution in [0.2, 0.25) is 0 Å². The fourth-order valence-electron chi connectivity index (χ4n) is 8.87. The molecule has 12 N–H and O–H groups in total. The van der Waals surface area contributed by atoms with Gasteiger partial charge in [0.05, 0.1) is 85.0 Å². The van der Waals surface area contributed by atoms with Crippen molar-refractivity contribution in [3.05, 3.63) is 95.6 Å². The first-order chi connectivity index (χ1) is 42.5. The number of benzene rings is 3. The predicted molar refractivity (Wildman–Crippen MR) is 323 cm³/mol. The first-order valence-electron chi connectivity index (χ1n) is 29.4. The van der Waals surface area contributed by atoms with Crippen LogP contribution in [0.15, 0.2) is 83.9 Å². The van der Waals surface area contributed by atoms with Gasteiger partial charge in [0, 0.05) is 91.5 Å². The fraction of sp³-hybridized carbons (Fsp3) is 0.542. The molecule has 2 atom stereocenters. The van der Waals surface area contributed by atoms with E-state index in [2.05, 4.69) is 36.9 Å². The zero-order valence-electron chi connectivity index (χ0n) is 50.1. The van der Waals surface area contributed by atoms with E-state index in [-0.39, 0.29) is 141 Å². The average molecular weight is 1240 g/mol. The number of phenolic OH excluding ortho intramolecular Hbond substituents is 1. The summed E-state index contributed by atoms with van der Waals surface area (Å²) in [5, 5.41) is 54.7. The first-order valence-corrected chi connectivity index (χ1v) is 29.4. The summed E-state index contributed by atoms with van der Waals surface area (Å²) in [4.78, 5) is 110. The highest BCUT2D eigenvalue weighted by molar-refractivity contribution is 5.93. The van der Waals surface area contributed by atoms with Gasteiger partial charge in [-0.25, -0.2) is 4.79 Å². The molecule has 0 aliphatic carbocycles. The van der Waals surface area contributed by atoms with Gasteiger partial charge in [0.15, 0.2) is 5.96 Å². The van der Waals surface area contributed by atoms with Gasteiger partial charge in [0.25, 0.3) is 0 Å². The minimum Gasteiger partial charge on any atom is -0.508 e. The van der Waals surface area contributed by atoms with E-state index in [0.717, 1.165) is 5.56 Å². The van der Waals surface area contributed by atoms with Gasteiger partial charge in [-0.1, -0.05) is 61.5 Å². The number of carbonyl (C=O) groups is 8. The molecule has 3 aromatic carbocycles. The van der Waals surface area contributed by atoms with Crippen LogP contribution in [0, 0.1) is 0 Å². The van der Waals surface area contributed by atoms with Crippen molar-refractivity contribution >= 4 is 53.5 Å². The Bertz CT molecular complexity index is 2590. The second-order valence-corrected chi connectivity index (χ2v) is 20.3. The Morgan fingerprint density at radius 3 is 1.58 bits per heavy atom. The Balaban J connectivity index is 1.15. The molecular formula is C59H88N12O17. The Labute approximate surface area is 512 Å². The van der Waals surface area contributed by atoms with Crippen molar-refractivity contribution in [3.8, 4) is 11.5 Å². The summed E-state index contributed by atoms with van der Waals surface area (Å²) in [5.41, 5.74) is 7.96. The van der Waals surface area contributed by atoms with Crippen LogP contribution in [-0.4, -0.2) is 264 Å². The number of hydrogen-bond donors (Lipinski definition) is 11. The van der Waals surface area contributed by atoms with Crippen LogP contribution < -0.4 is 42.4 Å². The number of guanidine groups is 1. The number of rotatable bonds is 39. The van der Waals surface area contributed by atoms with E-state index < -0.39 is 47.7 Å². The zero-order chi connectivity index (χ0) is 63.7. The number of urea groups is 1. The van der Waals surface area contributed by atoms with Crippen LogP contribution in [-0.2, 0) is 59.1 Å². The molecule has 486 valence electrons. The zero-order valence-corrected chi connectivity index (χ0v) is 50.1. The molecular weight excluding hydrogens is 1150 g/mol. The number of ether oxygens (including phenoxy) is 5. The maximum atomic E-state index is 14.4. The lowest BCUT2D eigenvalue weighted by molar-refractivity contribution is -0.140. The molecule has 1 saturated heterocycles. The first kappa shape index (κ1) is 72.4. The molecule has 0 aromatic heterocycles. The van der Waals surface area contributed by atoms with Gasteiger partial charge in [-0.05, 0) is 53.8 Å². The number of hydrogen-bond acceptors (Lipinski definition) is 18. The van der Waals surface area contributed by atoms with Crippen molar-refractivity contribution in [1.82, 2.24) is 51.5 Å². The van der Waals surface area contributed by atoms with Crippen molar-refractivity contribution in [2.24, 2.45) is 10.7 Å². The molecule has 6 amide bonds. The Morgan fingerprint density at radius 1 is 0.534 bits per heavy atom. The van der Waals surface area contributed by atoms with Crippen LogP contribution in [0.1, 0.15) is 48.8 Å². The smallest absolute Gasteiger partial charge is 0.344 e. The van der Waals surface area contributed by atoms with Gasteiger partial charge in [-0.3, -0.25) is 53.2 Å². The number of aliphatic carboxylic acids is 3. The molecule has 88 heavy (non-hydrogen) atoms. The fourth-order valence-corrected chi connectivity index (χ4v) is 8.87. The van der Waals surface area contributed by atoms with E-state index in [9.17, 15) is 58.8 Å². The Morgan fingerprint density at radius 2 is 1.03 bits per heavy atom. The van der Waals surface area contributed by atoms with Crippen LogP contribution in [0.5, 0.6) is 11.5 Å². The van der Waals surface area contributed by atoms with E-state index >= 15 is 0 Å². The molecule has 4 rings (SSSR count). The number of nitrogens with zero attached hydrogens (tertiary/aromatic N) is 5. The van der Waals surface area contributed by atoms with E-state index in [1.165, 1.54) is 12.1 Å². The van der Waals surface area contributed by atoms with Crippen molar-refractivity contribution < 1.29 is 82.5 Å². The second kappa shape index (κ2) is 42.8. The topological polar surface area (TPSA) is 387 Å². The molecule has 1 aliphatic rings. The molecule has 29 nitrogen and oxygen atoms in total. The largest absolute Gasteiger partial charge is 0.508 e. The maximum Gasteiger partial charge on any atom is 0.344 e. The predicted octanol–water partition coefficient (Wildman–Crippen LogP) is -0.718. The van der Waals surface area contributed by atoms with Crippen LogP contribution >= 0.6 is 0 Å². The highest BCUT2D eigenvalue weighted by atomic mass is 16.6. The lowest BCUT2D eigenvalue weighted by atomic mass is 9.90. The van der Waals surface area contributed by atoms with Crippen molar-refractivity contribution in [2.45, 2.75) is 44.7 Å². The van der Waals surface area contributed by atoms with Crippen LogP contribution in [0.3, 0.4) is 0 Å². The number of nitrogens with one attached hydrogen (secondary N) is 6. The SMILES string of the molecule is CCC(=O)NCCNC(=O)/N=C(/N)NCCC[C@@H](NC(=O)[C@H](c1ccccc1)c1cccc(OCCOCCOCCOCCOCCNC(=O)CN2CCN(CC(=O)O)CCN(CC(=O)O)CCN(CC(=O)O)CC2)c1)C(=O)NCc1ccc(O)cc1. The molecule has 3 aromatic rings. The van der Waals surface area contributed by atoms with Crippen LogP contribution in [0.4, 0.5) is 4.79 Å². The highest BCUT2D eigenvalue weighted by Gasteiger charge is 2.29. The Kier molecular flexibility index (Phi) is 35.2. The number of carboxylic acid groups (broad SMARTS) is 3. The van der Waals surface area contributed by atoms with Gasteiger partial charge in [0.2, 0.25) is 23.6 Å². The minimum atomic E-state index is -1.04. The summed E-state index contributed by atoms with van der Waals surface area (Å²) in [6.07, 6.45) is 0.835. The van der Waals surface area contributed by atoms with E-state index in [0.29, 0.717) is 88.9 Å². The number of phenols is 1. The number of carbonyl (C=O) groups excluding carboxylic acids is 5. The quantitative estimate of drug-likeness (QED) is 0.0191. The van der Waals surface area contributed by atoms with Gasteiger partial charge < -0.3 is 81.7 Å². The number of carboxylic acids is 3. The summed E-state index contributed by atoms with van der Waals surface area (Å²) in [6.45, 7) is 6.80. The second-order valence-electron chi connectivity index (χ2n) is 20.3. The van der Waals surface area contributed by atoms with Crippen molar-refractivity contribution in [2.75, 3.05) is 164 Å². The number of aliphatic imine (C=N–C) groups is 1. The van der Waals surface area contributed by atoms with E-state index in [4.69, 9.17) is 29.4 Å². The molecule has 0 radical (unpaired) electrons. The lowest BCUT2D eigenvalue weighted by Gasteiger charge is -2.32. The maximum absolute atomic E-state index is 14.4. The molecule has 29 heteroatoms. The molecule has 1 fully saturated rings. The van der Waals surface area contributed by atoms with Gasteiger partial charge in [-0.15, -0.1) is 0 Å². The summed E-state index contributed by atoms with van der Waals surface area (Å²) in [6, 6.07) is 20.9.